The average molecular weight is 435 g/mol. The Hall–Kier alpha value is -3.08. The van der Waals surface area contributed by atoms with E-state index in [9.17, 15) is 31.1 Å². The third-order valence-electron chi connectivity index (χ3n) is 3.91. The molecule has 3 heterocycles. The monoisotopic (exact) mass is 434 g/mol. The highest BCUT2D eigenvalue weighted by Gasteiger charge is 2.40. The van der Waals surface area contributed by atoms with E-state index in [1.165, 1.54) is 24.3 Å². The lowest BCUT2D eigenvalue weighted by Gasteiger charge is -2.10. The predicted molar refractivity (Wildman–Crippen MR) is 88.3 cm³/mol. The van der Waals surface area contributed by atoms with E-state index in [0.717, 1.165) is 0 Å². The fraction of sp³-hybridized carbons (Fsp3) is 0.118. The molecule has 0 amide bonds. The van der Waals surface area contributed by atoms with Crippen LogP contribution in [0.4, 0.5) is 26.3 Å². The van der Waals surface area contributed by atoms with Gasteiger partial charge in [0.2, 0.25) is 11.3 Å². The van der Waals surface area contributed by atoms with Crippen molar-refractivity contribution >= 4 is 33.8 Å². The Kier molecular flexibility index (Phi) is 4.12. The maximum atomic E-state index is 13.7. The molecule has 29 heavy (non-hydrogen) atoms. The molecule has 12 heteroatoms. The van der Waals surface area contributed by atoms with E-state index in [1.54, 1.807) is 0 Å². The van der Waals surface area contributed by atoms with Crippen molar-refractivity contribution in [2.24, 2.45) is 0 Å². The molecule has 0 unspecified atom stereocenters. The molecule has 5 nitrogen and oxygen atoms in total. The molecule has 1 aromatic carbocycles. The predicted octanol–water partition coefficient (Wildman–Crippen LogP) is 5.69. The van der Waals surface area contributed by atoms with Gasteiger partial charge in [-0.2, -0.15) is 26.3 Å². The van der Waals surface area contributed by atoms with Crippen molar-refractivity contribution in [1.29, 1.82) is 0 Å². The Balaban J connectivity index is 2.11. The fourth-order valence-electron chi connectivity index (χ4n) is 2.70. The molecule has 3 aromatic heterocycles. The highest BCUT2D eigenvalue weighted by Crippen LogP contribution is 2.40. The van der Waals surface area contributed by atoms with Gasteiger partial charge in [-0.3, -0.25) is 0 Å². The summed E-state index contributed by atoms with van der Waals surface area (Å²) >= 11 is 5.76. The number of hydrogen-bond donors (Lipinski definition) is 0. The molecule has 0 aliphatic carbocycles. The van der Waals surface area contributed by atoms with Crippen molar-refractivity contribution < 1.29 is 35.2 Å². The summed E-state index contributed by atoms with van der Waals surface area (Å²) in [5.41, 5.74) is -5.50. The fourth-order valence-corrected chi connectivity index (χ4v) is 2.83. The summed E-state index contributed by atoms with van der Waals surface area (Å²) in [6, 6.07) is 6.26. The van der Waals surface area contributed by atoms with Crippen molar-refractivity contribution in [3.05, 3.63) is 57.2 Å². The van der Waals surface area contributed by atoms with Gasteiger partial charge in [-0.1, -0.05) is 23.7 Å². The SMILES string of the molecule is O=c1oc(C(F)(F)F)nc2c1oc1nc(-c3ccc(Cl)cc3)cc(C(F)(F)F)c12. The van der Waals surface area contributed by atoms with Gasteiger partial charge in [-0.25, -0.2) is 14.8 Å². The Bertz CT molecular complexity index is 1310. The molecule has 4 rings (SSSR count). The van der Waals surface area contributed by atoms with Gasteiger partial charge >= 0.3 is 23.9 Å². The zero-order valence-corrected chi connectivity index (χ0v) is 14.4. The highest BCUT2D eigenvalue weighted by molar-refractivity contribution is 6.30. The lowest BCUT2D eigenvalue weighted by Crippen LogP contribution is -2.13. The number of fused-ring (bicyclic) bond motifs is 3. The van der Waals surface area contributed by atoms with E-state index >= 15 is 0 Å². The van der Waals surface area contributed by atoms with Crippen LogP contribution in [0.3, 0.4) is 0 Å². The van der Waals surface area contributed by atoms with Crippen molar-refractivity contribution in [2.45, 2.75) is 12.4 Å². The third kappa shape index (κ3) is 3.31. The van der Waals surface area contributed by atoms with E-state index in [0.29, 0.717) is 11.1 Å². The Morgan fingerprint density at radius 3 is 2.14 bits per heavy atom. The van der Waals surface area contributed by atoms with Crippen LogP contribution in [0.15, 0.2) is 44.0 Å². The minimum absolute atomic E-state index is 0.194. The van der Waals surface area contributed by atoms with Crippen LogP contribution in [-0.2, 0) is 12.4 Å². The average Bonchev–Trinajstić information content (AvgIpc) is 2.99. The normalized spacial score (nSPS) is 12.8. The van der Waals surface area contributed by atoms with Crippen molar-refractivity contribution in [1.82, 2.24) is 9.97 Å². The zero-order valence-electron chi connectivity index (χ0n) is 13.7. The van der Waals surface area contributed by atoms with E-state index in [-0.39, 0.29) is 11.3 Å². The maximum absolute atomic E-state index is 13.7. The standard InChI is InChI=1S/C17H5ClF6N2O3/c18-7-3-1-6(2-4-7)9-5-8(16(19,20)21)10-11-12(28-13(10)25-9)14(27)29-15(26-11)17(22,23)24/h1-5H. The van der Waals surface area contributed by atoms with E-state index in [1.807, 2.05) is 0 Å². The first-order chi connectivity index (χ1) is 13.4. The smallest absolute Gasteiger partial charge is 0.428 e. The van der Waals surface area contributed by atoms with E-state index < -0.39 is 51.6 Å². The summed E-state index contributed by atoms with van der Waals surface area (Å²) in [5, 5.41) is -0.542. The molecule has 0 bridgehead atoms. The van der Waals surface area contributed by atoms with Crippen LogP contribution in [0.5, 0.6) is 0 Å². The van der Waals surface area contributed by atoms with Crippen molar-refractivity contribution in [3.8, 4) is 11.3 Å². The van der Waals surface area contributed by atoms with Gasteiger partial charge in [-0.15, -0.1) is 0 Å². The Morgan fingerprint density at radius 2 is 1.55 bits per heavy atom. The number of rotatable bonds is 1. The molecule has 0 saturated carbocycles. The maximum Gasteiger partial charge on any atom is 0.469 e. The zero-order chi connectivity index (χ0) is 21.1. The van der Waals surface area contributed by atoms with Crippen LogP contribution >= 0.6 is 11.6 Å². The molecular weight excluding hydrogens is 430 g/mol. The molecule has 150 valence electrons. The molecule has 0 saturated heterocycles. The summed E-state index contributed by atoms with van der Waals surface area (Å²) in [5.74, 6) is -1.99. The van der Waals surface area contributed by atoms with Gasteiger partial charge in [0.05, 0.1) is 16.6 Å². The molecule has 0 N–H and O–H groups in total. The van der Waals surface area contributed by atoms with Gasteiger partial charge in [0.1, 0.15) is 5.52 Å². The molecule has 0 radical (unpaired) electrons. The number of nitrogens with zero attached hydrogens (tertiary/aromatic N) is 2. The summed E-state index contributed by atoms with van der Waals surface area (Å²) < 4.78 is 88.7. The van der Waals surface area contributed by atoms with Crippen LogP contribution in [0, 0.1) is 0 Å². The Morgan fingerprint density at radius 1 is 0.897 bits per heavy atom. The van der Waals surface area contributed by atoms with Gasteiger partial charge in [0.15, 0.2) is 0 Å². The second kappa shape index (κ2) is 6.21. The first-order valence-corrected chi connectivity index (χ1v) is 8.01. The van der Waals surface area contributed by atoms with E-state index in [2.05, 4.69) is 14.4 Å². The van der Waals surface area contributed by atoms with Gasteiger partial charge in [-0.05, 0) is 18.2 Å². The topological polar surface area (TPSA) is 69.1 Å². The number of furan rings is 1. The molecule has 0 aliphatic rings. The highest BCUT2D eigenvalue weighted by atomic mass is 35.5. The number of alkyl halides is 6. The summed E-state index contributed by atoms with van der Waals surface area (Å²) in [4.78, 5) is 18.8. The van der Waals surface area contributed by atoms with Crippen LogP contribution in [0.25, 0.3) is 33.5 Å². The number of benzene rings is 1. The molecule has 0 fully saturated rings. The van der Waals surface area contributed by atoms with Crippen LogP contribution in [0.1, 0.15) is 11.5 Å². The van der Waals surface area contributed by atoms with Gasteiger partial charge in [0.25, 0.3) is 0 Å². The quantitative estimate of drug-likeness (QED) is 0.360. The lowest BCUT2D eigenvalue weighted by atomic mass is 10.1. The lowest BCUT2D eigenvalue weighted by molar-refractivity contribution is -0.158. The number of pyridine rings is 1. The Labute approximate surface area is 160 Å². The molecule has 0 atom stereocenters. The van der Waals surface area contributed by atoms with Crippen molar-refractivity contribution in [2.75, 3.05) is 0 Å². The summed E-state index contributed by atoms with van der Waals surface area (Å²) in [7, 11) is 0. The molecule has 4 aromatic rings. The largest absolute Gasteiger partial charge is 0.469 e. The molecular formula is C17H5ClF6N2O3. The minimum atomic E-state index is -5.19. The first-order valence-electron chi connectivity index (χ1n) is 7.64. The van der Waals surface area contributed by atoms with Crippen molar-refractivity contribution in [3.63, 3.8) is 0 Å². The minimum Gasteiger partial charge on any atom is -0.428 e. The third-order valence-corrected chi connectivity index (χ3v) is 4.16. The molecule has 0 spiro atoms. The van der Waals surface area contributed by atoms with Crippen LogP contribution in [-0.4, -0.2) is 9.97 Å². The first kappa shape index (κ1) is 19.2. The molecule has 0 aliphatic heterocycles. The van der Waals surface area contributed by atoms with Gasteiger partial charge < -0.3 is 8.83 Å². The van der Waals surface area contributed by atoms with E-state index in [4.69, 9.17) is 16.0 Å². The second-order valence-electron chi connectivity index (χ2n) is 5.82. The van der Waals surface area contributed by atoms with Crippen LogP contribution in [0.2, 0.25) is 5.02 Å². The second-order valence-corrected chi connectivity index (χ2v) is 6.26. The summed E-state index contributed by atoms with van der Waals surface area (Å²) in [6.45, 7) is 0. The van der Waals surface area contributed by atoms with Gasteiger partial charge in [0, 0.05) is 10.6 Å². The number of halogens is 7. The van der Waals surface area contributed by atoms with Crippen LogP contribution < -0.4 is 5.63 Å². The number of aromatic nitrogens is 2. The number of hydrogen-bond acceptors (Lipinski definition) is 5. The summed E-state index contributed by atoms with van der Waals surface area (Å²) in [6.07, 6.45) is -10.2.